The van der Waals surface area contributed by atoms with Crippen LogP contribution in [0.1, 0.15) is 52.6 Å². The third-order valence-corrected chi connectivity index (χ3v) is 5.68. The maximum atomic E-state index is 12.8. The first-order chi connectivity index (χ1) is 13.7. The van der Waals surface area contributed by atoms with E-state index in [0.717, 1.165) is 22.3 Å². The number of hydrogen-bond donors (Lipinski definition) is 1. The summed E-state index contributed by atoms with van der Waals surface area (Å²) in [5, 5.41) is 5.23. The number of aryl methyl sites for hydroxylation is 1. The number of carbonyl (C=O) groups excluding carboxylic acids is 2. The highest BCUT2D eigenvalue weighted by Crippen LogP contribution is 2.36. The number of esters is 1. The molecule has 0 saturated heterocycles. The lowest BCUT2D eigenvalue weighted by atomic mass is 9.87. The van der Waals surface area contributed by atoms with Crippen LogP contribution in [0.3, 0.4) is 0 Å². The number of thiophene rings is 1. The Morgan fingerprint density at radius 2 is 1.59 bits per heavy atom. The summed E-state index contributed by atoms with van der Waals surface area (Å²) in [6.45, 7) is 8.39. The summed E-state index contributed by atoms with van der Waals surface area (Å²) >= 11 is 1.32. The number of hydrogen-bond acceptors (Lipinski definition) is 4. The predicted molar refractivity (Wildman–Crippen MR) is 119 cm³/mol. The van der Waals surface area contributed by atoms with E-state index in [1.54, 1.807) is 0 Å². The van der Waals surface area contributed by atoms with Crippen molar-refractivity contribution < 1.29 is 14.3 Å². The van der Waals surface area contributed by atoms with Gasteiger partial charge in [0.05, 0.1) is 7.11 Å². The maximum Gasteiger partial charge on any atom is 0.341 e. The van der Waals surface area contributed by atoms with Gasteiger partial charge in [-0.05, 0) is 35.6 Å². The third kappa shape index (κ3) is 4.57. The van der Waals surface area contributed by atoms with Crippen LogP contribution < -0.4 is 5.32 Å². The smallest absolute Gasteiger partial charge is 0.341 e. The van der Waals surface area contributed by atoms with Crippen molar-refractivity contribution in [2.24, 2.45) is 0 Å². The highest BCUT2D eigenvalue weighted by molar-refractivity contribution is 7.15. The fourth-order valence-electron chi connectivity index (χ4n) is 3.00. The number of anilines is 1. The molecule has 5 heteroatoms. The second-order valence-corrected chi connectivity index (χ2v) is 8.87. The number of nitrogens with one attached hydrogen (secondary N) is 1. The van der Waals surface area contributed by atoms with Gasteiger partial charge in [0.2, 0.25) is 0 Å². The zero-order valence-electron chi connectivity index (χ0n) is 17.3. The van der Waals surface area contributed by atoms with Crippen molar-refractivity contribution in [3.63, 3.8) is 0 Å². The first kappa shape index (κ1) is 20.8. The standard InChI is InChI=1S/C24H25NO3S/c1-15-6-8-16(9-7-15)19-14-29-22(20(19)23(27)28-5)25-21(26)17-10-12-18(13-11-17)24(2,3)4/h6-14H,1-5H3,(H,25,26). The molecule has 0 fully saturated rings. The molecule has 1 aromatic heterocycles. The van der Waals surface area contributed by atoms with Crippen LogP contribution in [0, 0.1) is 6.92 Å². The van der Waals surface area contributed by atoms with Gasteiger partial charge in [-0.2, -0.15) is 0 Å². The van der Waals surface area contributed by atoms with Crippen molar-refractivity contribution in [2.45, 2.75) is 33.1 Å². The summed E-state index contributed by atoms with van der Waals surface area (Å²) in [5.74, 6) is -0.729. The molecule has 0 spiro atoms. The molecule has 1 heterocycles. The number of methoxy groups -OCH3 is 1. The summed E-state index contributed by atoms with van der Waals surface area (Å²) < 4.78 is 4.98. The van der Waals surface area contributed by atoms with Crippen molar-refractivity contribution in [2.75, 3.05) is 12.4 Å². The van der Waals surface area contributed by atoms with E-state index < -0.39 is 5.97 Å². The second-order valence-electron chi connectivity index (χ2n) is 7.99. The van der Waals surface area contributed by atoms with Crippen LogP contribution in [0.15, 0.2) is 53.9 Å². The first-order valence-corrected chi connectivity index (χ1v) is 10.3. The van der Waals surface area contributed by atoms with E-state index >= 15 is 0 Å². The van der Waals surface area contributed by atoms with Crippen molar-refractivity contribution in [1.29, 1.82) is 0 Å². The Balaban J connectivity index is 1.91. The SMILES string of the molecule is COC(=O)c1c(-c2ccc(C)cc2)csc1NC(=O)c1ccc(C(C)(C)C)cc1. The van der Waals surface area contributed by atoms with Crippen molar-refractivity contribution in [1.82, 2.24) is 0 Å². The van der Waals surface area contributed by atoms with Crippen LogP contribution in [-0.4, -0.2) is 19.0 Å². The lowest BCUT2D eigenvalue weighted by Crippen LogP contribution is -2.15. The molecule has 0 aliphatic heterocycles. The number of benzene rings is 2. The van der Waals surface area contributed by atoms with E-state index in [9.17, 15) is 9.59 Å². The van der Waals surface area contributed by atoms with Gasteiger partial charge in [0.15, 0.2) is 0 Å². The van der Waals surface area contributed by atoms with Crippen molar-refractivity contribution >= 4 is 28.2 Å². The van der Waals surface area contributed by atoms with Crippen LogP contribution in [0.5, 0.6) is 0 Å². The molecule has 2 aromatic carbocycles. The molecule has 0 unspecified atom stereocenters. The maximum absolute atomic E-state index is 12.8. The zero-order chi connectivity index (χ0) is 21.2. The van der Waals surface area contributed by atoms with Gasteiger partial charge in [-0.1, -0.05) is 62.7 Å². The van der Waals surface area contributed by atoms with Gasteiger partial charge in [0.1, 0.15) is 10.6 Å². The predicted octanol–water partition coefficient (Wildman–Crippen LogP) is 6.06. The number of amides is 1. The van der Waals surface area contributed by atoms with Gasteiger partial charge in [0, 0.05) is 16.5 Å². The molecular weight excluding hydrogens is 382 g/mol. The topological polar surface area (TPSA) is 55.4 Å². The molecule has 1 amide bonds. The van der Waals surface area contributed by atoms with Gasteiger partial charge < -0.3 is 10.1 Å². The molecule has 4 nitrogen and oxygen atoms in total. The normalized spacial score (nSPS) is 11.2. The van der Waals surface area contributed by atoms with Crippen LogP contribution >= 0.6 is 11.3 Å². The summed E-state index contributed by atoms with van der Waals surface area (Å²) in [7, 11) is 1.34. The largest absolute Gasteiger partial charge is 0.465 e. The molecule has 0 aliphatic rings. The van der Waals surface area contributed by atoms with Crippen molar-refractivity contribution in [3.8, 4) is 11.1 Å². The van der Waals surface area contributed by atoms with E-state index in [1.807, 2.05) is 60.8 Å². The Bertz CT molecular complexity index is 1030. The van der Waals surface area contributed by atoms with E-state index in [-0.39, 0.29) is 11.3 Å². The molecule has 0 saturated carbocycles. The molecule has 0 radical (unpaired) electrons. The highest BCUT2D eigenvalue weighted by Gasteiger charge is 2.23. The minimum absolute atomic E-state index is 0.0176. The van der Waals surface area contributed by atoms with Gasteiger partial charge in [-0.3, -0.25) is 4.79 Å². The van der Waals surface area contributed by atoms with Crippen LogP contribution in [0.2, 0.25) is 0 Å². The van der Waals surface area contributed by atoms with E-state index in [2.05, 4.69) is 26.1 Å². The lowest BCUT2D eigenvalue weighted by Gasteiger charge is -2.19. The fraction of sp³-hybridized carbons (Fsp3) is 0.250. The third-order valence-electron chi connectivity index (χ3n) is 4.78. The summed E-state index contributed by atoms with van der Waals surface area (Å²) in [4.78, 5) is 25.2. The molecule has 0 atom stereocenters. The molecule has 3 aromatic rings. The van der Waals surface area contributed by atoms with E-state index in [1.165, 1.54) is 18.4 Å². The average molecular weight is 408 g/mol. The molecule has 0 bridgehead atoms. The monoisotopic (exact) mass is 407 g/mol. The van der Waals surface area contributed by atoms with E-state index in [4.69, 9.17) is 4.74 Å². The van der Waals surface area contributed by atoms with Crippen LogP contribution in [-0.2, 0) is 10.2 Å². The lowest BCUT2D eigenvalue weighted by molar-refractivity contribution is 0.0603. The van der Waals surface area contributed by atoms with E-state index in [0.29, 0.717) is 16.1 Å². The van der Waals surface area contributed by atoms with Gasteiger partial charge >= 0.3 is 5.97 Å². The van der Waals surface area contributed by atoms with Crippen LogP contribution in [0.4, 0.5) is 5.00 Å². The minimum Gasteiger partial charge on any atom is -0.465 e. The number of rotatable bonds is 4. The molecular formula is C24H25NO3S. The summed E-state index contributed by atoms with van der Waals surface area (Å²) in [6, 6.07) is 15.4. The average Bonchev–Trinajstić information content (AvgIpc) is 3.10. The Labute approximate surface area is 175 Å². The van der Waals surface area contributed by atoms with Gasteiger partial charge in [-0.15, -0.1) is 11.3 Å². The fourth-order valence-corrected chi connectivity index (χ4v) is 3.95. The second kappa shape index (κ2) is 8.21. The molecule has 3 rings (SSSR count). The highest BCUT2D eigenvalue weighted by atomic mass is 32.1. The summed E-state index contributed by atoms with van der Waals surface area (Å²) in [5.41, 5.74) is 4.88. The van der Waals surface area contributed by atoms with Crippen LogP contribution in [0.25, 0.3) is 11.1 Å². The summed E-state index contributed by atoms with van der Waals surface area (Å²) in [6.07, 6.45) is 0. The molecule has 0 aliphatic carbocycles. The first-order valence-electron chi connectivity index (χ1n) is 9.39. The Morgan fingerprint density at radius 3 is 2.14 bits per heavy atom. The Hall–Kier alpha value is -2.92. The van der Waals surface area contributed by atoms with Gasteiger partial charge in [0.25, 0.3) is 5.91 Å². The van der Waals surface area contributed by atoms with Crippen molar-refractivity contribution in [3.05, 3.63) is 76.2 Å². The Morgan fingerprint density at radius 1 is 0.966 bits per heavy atom. The number of ether oxygens (including phenoxy) is 1. The minimum atomic E-state index is -0.472. The molecule has 1 N–H and O–H groups in total. The Kier molecular flexibility index (Phi) is 5.89. The number of carbonyl (C=O) groups is 2. The molecule has 150 valence electrons. The van der Waals surface area contributed by atoms with Gasteiger partial charge in [-0.25, -0.2) is 4.79 Å². The molecule has 29 heavy (non-hydrogen) atoms. The zero-order valence-corrected chi connectivity index (χ0v) is 18.1. The quantitative estimate of drug-likeness (QED) is 0.535.